The largest absolute Gasteiger partial charge is 0.462 e. The van der Waals surface area contributed by atoms with Crippen molar-refractivity contribution in [3.8, 4) is 0 Å². The molecule has 0 radical (unpaired) electrons. The molecule has 0 rings (SSSR count). The molecule has 0 aliphatic rings. The summed E-state index contributed by atoms with van der Waals surface area (Å²) < 4.78 is 16.8. The highest BCUT2D eigenvalue weighted by Crippen LogP contribution is 2.15. The van der Waals surface area contributed by atoms with E-state index in [-0.39, 0.29) is 31.1 Å². The maximum absolute atomic E-state index is 12.9. The molecule has 0 aromatic carbocycles. The maximum atomic E-state index is 12.9. The predicted octanol–water partition coefficient (Wildman–Crippen LogP) is 21.2. The number of allylic oxidation sites excluding steroid dienone is 24. The average Bonchev–Trinajstić information content (AvgIpc) is 3.42. The van der Waals surface area contributed by atoms with Gasteiger partial charge < -0.3 is 14.2 Å². The second-order valence-corrected chi connectivity index (χ2v) is 19.9. The van der Waals surface area contributed by atoms with E-state index >= 15 is 0 Å². The summed E-state index contributed by atoms with van der Waals surface area (Å²) in [5.74, 6) is -0.955. The topological polar surface area (TPSA) is 78.9 Å². The lowest BCUT2D eigenvalue weighted by atomic mass is 10.0. The summed E-state index contributed by atoms with van der Waals surface area (Å²) in [7, 11) is 0. The molecular weight excluding hydrogens is 937 g/mol. The van der Waals surface area contributed by atoms with Gasteiger partial charge in [0.05, 0.1) is 0 Å². The molecule has 76 heavy (non-hydrogen) atoms. The minimum absolute atomic E-state index is 0.0973. The monoisotopic (exact) mass is 1050 g/mol. The van der Waals surface area contributed by atoms with Crippen LogP contribution in [0, 0.1) is 0 Å². The summed E-state index contributed by atoms with van der Waals surface area (Å²) in [4.78, 5) is 38.1. The van der Waals surface area contributed by atoms with Crippen LogP contribution in [0.4, 0.5) is 0 Å². The zero-order valence-electron chi connectivity index (χ0n) is 49.0. The van der Waals surface area contributed by atoms with Gasteiger partial charge in [0.2, 0.25) is 0 Å². The Labute approximate surface area is 467 Å². The van der Waals surface area contributed by atoms with E-state index in [1.54, 1.807) is 0 Å². The molecule has 0 saturated carbocycles. The van der Waals surface area contributed by atoms with E-state index in [9.17, 15) is 14.4 Å². The molecule has 0 aromatic heterocycles. The number of unbranched alkanes of at least 4 members (excludes halogenated alkanes) is 19. The van der Waals surface area contributed by atoms with E-state index in [0.717, 1.165) is 128 Å². The minimum Gasteiger partial charge on any atom is -0.462 e. The van der Waals surface area contributed by atoms with Crippen molar-refractivity contribution >= 4 is 17.9 Å². The maximum Gasteiger partial charge on any atom is 0.306 e. The normalized spacial score (nSPS) is 13.1. The van der Waals surface area contributed by atoms with Crippen LogP contribution in [-0.2, 0) is 28.6 Å². The van der Waals surface area contributed by atoms with Crippen LogP contribution in [0.3, 0.4) is 0 Å². The quantitative estimate of drug-likeness (QED) is 0.0261. The number of ether oxygens (including phenoxy) is 3. The minimum atomic E-state index is -0.803. The van der Waals surface area contributed by atoms with Crippen LogP contribution < -0.4 is 0 Å². The fourth-order valence-corrected chi connectivity index (χ4v) is 8.04. The molecule has 0 aliphatic heterocycles. The molecule has 0 saturated heterocycles. The van der Waals surface area contributed by atoms with Gasteiger partial charge in [-0.3, -0.25) is 14.4 Å². The Morgan fingerprint density at radius 2 is 0.513 bits per heavy atom. The van der Waals surface area contributed by atoms with Gasteiger partial charge in [-0.1, -0.05) is 263 Å². The summed E-state index contributed by atoms with van der Waals surface area (Å²) in [6, 6.07) is 0. The van der Waals surface area contributed by atoms with Crippen LogP contribution >= 0.6 is 0 Å². The number of hydrogen-bond acceptors (Lipinski definition) is 6. The van der Waals surface area contributed by atoms with Crippen LogP contribution in [0.15, 0.2) is 146 Å². The standard InChI is InChI=1S/C70H112O6/c1-4-7-10-13-16-19-21-23-25-27-29-31-33-34-35-36-38-39-41-43-45-47-49-51-54-57-60-63-69(72)75-66-67(65-74-68(71)62-59-56-53-18-15-12-9-6-3)76-70(73)64-61-58-55-52-50-48-46-44-42-40-37-32-30-28-26-24-22-20-17-14-11-8-5-2/h7-8,10-11,16-17,19-20,23-26,29-32,34-35,38-39,43,45,49,51,67H,4-6,9,12-15,18,21-22,27-28,33,36-37,40-42,44,46-48,50,52-66H2,1-3H3/b10-7-,11-8-,19-16-,20-17-,25-23-,26-24-,31-29-,32-30-,35-34-,39-38-,45-43-,51-49-. The molecule has 6 nitrogen and oxygen atoms in total. The smallest absolute Gasteiger partial charge is 0.306 e. The highest BCUT2D eigenvalue weighted by atomic mass is 16.6. The van der Waals surface area contributed by atoms with Gasteiger partial charge in [-0.2, -0.15) is 0 Å². The van der Waals surface area contributed by atoms with Gasteiger partial charge in [0, 0.05) is 19.3 Å². The predicted molar refractivity (Wildman–Crippen MR) is 329 cm³/mol. The number of rotatable bonds is 54. The zero-order valence-corrected chi connectivity index (χ0v) is 49.0. The summed E-state index contributed by atoms with van der Waals surface area (Å²) in [5, 5.41) is 0. The van der Waals surface area contributed by atoms with Crippen molar-refractivity contribution in [3.05, 3.63) is 146 Å². The average molecular weight is 1050 g/mol. The molecule has 1 atom stereocenters. The lowest BCUT2D eigenvalue weighted by molar-refractivity contribution is -0.167. The third-order valence-corrected chi connectivity index (χ3v) is 12.6. The van der Waals surface area contributed by atoms with E-state index in [4.69, 9.17) is 14.2 Å². The molecule has 1 unspecified atom stereocenters. The molecule has 0 bridgehead atoms. The lowest BCUT2D eigenvalue weighted by Gasteiger charge is -2.18. The van der Waals surface area contributed by atoms with Gasteiger partial charge in [-0.25, -0.2) is 0 Å². The Morgan fingerprint density at radius 1 is 0.276 bits per heavy atom. The van der Waals surface area contributed by atoms with Gasteiger partial charge in [0.1, 0.15) is 13.2 Å². The molecule has 0 aromatic rings. The number of hydrogen-bond donors (Lipinski definition) is 0. The fraction of sp³-hybridized carbons (Fsp3) is 0.614. The Kier molecular flexibility index (Phi) is 58.9. The Balaban J connectivity index is 4.33. The Bertz CT molecular complexity index is 1680. The van der Waals surface area contributed by atoms with Gasteiger partial charge in [0.15, 0.2) is 6.10 Å². The molecule has 0 aliphatic carbocycles. The molecule has 0 heterocycles. The van der Waals surface area contributed by atoms with E-state index < -0.39 is 6.10 Å². The van der Waals surface area contributed by atoms with Crippen LogP contribution in [-0.4, -0.2) is 37.2 Å². The third kappa shape index (κ3) is 60.2. The zero-order chi connectivity index (χ0) is 55.0. The first-order valence-electron chi connectivity index (χ1n) is 30.8. The van der Waals surface area contributed by atoms with Crippen molar-refractivity contribution in [3.63, 3.8) is 0 Å². The van der Waals surface area contributed by atoms with Crippen molar-refractivity contribution < 1.29 is 28.6 Å². The van der Waals surface area contributed by atoms with Crippen LogP contribution in [0.5, 0.6) is 0 Å². The van der Waals surface area contributed by atoms with Crippen LogP contribution in [0.1, 0.15) is 258 Å². The van der Waals surface area contributed by atoms with E-state index in [2.05, 4.69) is 167 Å². The van der Waals surface area contributed by atoms with E-state index in [1.807, 2.05) is 0 Å². The first-order valence-corrected chi connectivity index (χ1v) is 30.8. The molecule has 428 valence electrons. The SMILES string of the molecule is CC/C=C\C/C=C\C/C=C\C/C=C\C/C=C\C/C=C\C/C=C\C/C=C\CCCCC(=O)OCC(COC(=O)CCCCCCCCCC)OC(=O)CCCCCCCCCCCC/C=C\C/C=C\C/C=C\C/C=C\CC. The van der Waals surface area contributed by atoms with Crippen molar-refractivity contribution in [2.45, 2.75) is 264 Å². The van der Waals surface area contributed by atoms with Gasteiger partial charge in [-0.05, 0) is 122 Å². The van der Waals surface area contributed by atoms with Gasteiger partial charge in [-0.15, -0.1) is 0 Å². The number of carbonyl (C=O) groups is 3. The third-order valence-electron chi connectivity index (χ3n) is 12.6. The summed E-state index contributed by atoms with van der Waals surface area (Å²) in [5.41, 5.74) is 0. The van der Waals surface area contributed by atoms with Gasteiger partial charge >= 0.3 is 17.9 Å². The van der Waals surface area contributed by atoms with Crippen molar-refractivity contribution in [1.82, 2.24) is 0 Å². The van der Waals surface area contributed by atoms with Gasteiger partial charge in [0.25, 0.3) is 0 Å². The fourth-order valence-electron chi connectivity index (χ4n) is 8.04. The van der Waals surface area contributed by atoms with Crippen LogP contribution in [0.2, 0.25) is 0 Å². The highest BCUT2D eigenvalue weighted by molar-refractivity contribution is 5.71. The molecule has 0 spiro atoms. The van der Waals surface area contributed by atoms with E-state index in [1.165, 1.54) is 83.5 Å². The lowest BCUT2D eigenvalue weighted by Crippen LogP contribution is -2.30. The summed E-state index contributed by atoms with van der Waals surface area (Å²) in [6.45, 7) is 6.34. The molecule has 0 N–H and O–H groups in total. The molecule has 0 fully saturated rings. The first-order chi connectivity index (χ1) is 37.5. The second-order valence-electron chi connectivity index (χ2n) is 19.9. The summed E-state index contributed by atoms with van der Waals surface area (Å²) >= 11 is 0. The molecular formula is C70H112O6. The molecule has 0 amide bonds. The first kappa shape index (κ1) is 71.3. The number of esters is 3. The van der Waals surface area contributed by atoms with Crippen LogP contribution in [0.25, 0.3) is 0 Å². The number of carbonyl (C=O) groups excluding carboxylic acids is 3. The highest BCUT2D eigenvalue weighted by Gasteiger charge is 2.19. The second kappa shape index (κ2) is 62.8. The van der Waals surface area contributed by atoms with Crippen molar-refractivity contribution in [2.75, 3.05) is 13.2 Å². The summed E-state index contributed by atoms with van der Waals surface area (Å²) in [6.07, 6.45) is 90.0. The Hall–Kier alpha value is -4.71. The van der Waals surface area contributed by atoms with E-state index in [0.29, 0.717) is 25.7 Å². The molecule has 6 heteroatoms. The Morgan fingerprint density at radius 3 is 0.829 bits per heavy atom. The van der Waals surface area contributed by atoms with Crippen molar-refractivity contribution in [1.29, 1.82) is 0 Å². The van der Waals surface area contributed by atoms with Crippen molar-refractivity contribution in [2.24, 2.45) is 0 Å².